The van der Waals surface area contributed by atoms with E-state index >= 15 is 0 Å². The van der Waals surface area contributed by atoms with Crippen molar-refractivity contribution in [2.45, 2.75) is 25.8 Å². The summed E-state index contributed by atoms with van der Waals surface area (Å²) < 4.78 is 18.8. The van der Waals surface area contributed by atoms with Gasteiger partial charge in [-0.25, -0.2) is 4.39 Å². The summed E-state index contributed by atoms with van der Waals surface area (Å²) in [6.07, 6.45) is 1.25. The van der Waals surface area contributed by atoms with Crippen LogP contribution < -0.4 is 15.0 Å². The Labute approximate surface area is 162 Å². The minimum Gasteiger partial charge on any atom is -0.494 e. The van der Waals surface area contributed by atoms with E-state index in [1.165, 1.54) is 19.2 Å². The average molecular weight is 391 g/mol. The zero-order valence-electron chi connectivity index (χ0n) is 15.1. The molecule has 0 aromatic heterocycles. The van der Waals surface area contributed by atoms with E-state index in [-0.39, 0.29) is 17.6 Å². The highest BCUT2D eigenvalue weighted by Gasteiger charge is 2.24. The van der Waals surface area contributed by atoms with Gasteiger partial charge in [-0.05, 0) is 49.2 Å². The van der Waals surface area contributed by atoms with Crippen LogP contribution in [0.1, 0.15) is 41.7 Å². The molecule has 2 aromatic rings. The van der Waals surface area contributed by atoms with E-state index in [0.29, 0.717) is 34.8 Å². The molecule has 1 aliphatic heterocycles. The van der Waals surface area contributed by atoms with E-state index < -0.39 is 11.9 Å². The number of methoxy groups -OCH3 is 1. The van der Waals surface area contributed by atoms with Gasteiger partial charge in [0.2, 0.25) is 5.91 Å². The van der Waals surface area contributed by atoms with E-state index in [9.17, 15) is 14.0 Å². The molecule has 1 atom stereocenters. The molecule has 0 aliphatic carbocycles. The van der Waals surface area contributed by atoms with Gasteiger partial charge in [0.1, 0.15) is 0 Å². The molecule has 5 nitrogen and oxygen atoms in total. The van der Waals surface area contributed by atoms with Gasteiger partial charge in [0.25, 0.3) is 5.91 Å². The van der Waals surface area contributed by atoms with E-state index in [4.69, 9.17) is 16.3 Å². The van der Waals surface area contributed by atoms with E-state index in [2.05, 4.69) is 5.32 Å². The lowest BCUT2D eigenvalue weighted by molar-refractivity contribution is -0.117. The predicted octanol–water partition coefficient (Wildman–Crippen LogP) is 4.11. The van der Waals surface area contributed by atoms with Gasteiger partial charge < -0.3 is 15.0 Å². The average Bonchev–Trinajstić information content (AvgIpc) is 3.07. The molecule has 1 aliphatic rings. The largest absolute Gasteiger partial charge is 0.494 e. The number of benzene rings is 2. The number of carbonyl (C=O) groups is 2. The number of hydrogen-bond acceptors (Lipinski definition) is 3. The molecule has 1 heterocycles. The number of halogens is 2. The molecule has 1 N–H and O–H groups in total. The van der Waals surface area contributed by atoms with Gasteiger partial charge in [-0.1, -0.05) is 17.7 Å². The SMILES string of the molecule is COc1ccc([C@H](C)NC(=O)c2ccc(Cl)c(N3CCCC3=O)c2)cc1F. The Hall–Kier alpha value is -2.60. The summed E-state index contributed by atoms with van der Waals surface area (Å²) >= 11 is 6.21. The van der Waals surface area contributed by atoms with Crippen LogP contribution in [0.2, 0.25) is 5.02 Å². The fourth-order valence-corrected chi connectivity index (χ4v) is 3.30. The van der Waals surface area contributed by atoms with Gasteiger partial charge in [0.05, 0.1) is 23.9 Å². The lowest BCUT2D eigenvalue weighted by Crippen LogP contribution is -2.28. The van der Waals surface area contributed by atoms with E-state index in [1.54, 1.807) is 36.1 Å². The van der Waals surface area contributed by atoms with Crippen molar-refractivity contribution >= 4 is 29.1 Å². The number of carbonyl (C=O) groups excluding carboxylic acids is 2. The summed E-state index contributed by atoms with van der Waals surface area (Å²) in [7, 11) is 1.40. The molecule has 2 aromatic carbocycles. The van der Waals surface area contributed by atoms with Crippen molar-refractivity contribution in [3.63, 3.8) is 0 Å². The van der Waals surface area contributed by atoms with Gasteiger partial charge in [0, 0.05) is 18.5 Å². The maximum atomic E-state index is 13.9. The van der Waals surface area contributed by atoms with E-state index in [1.807, 2.05) is 0 Å². The molecule has 142 valence electrons. The van der Waals surface area contributed by atoms with E-state index in [0.717, 1.165) is 6.42 Å². The maximum Gasteiger partial charge on any atom is 0.251 e. The highest BCUT2D eigenvalue weighted by molar-refractivity contribution is 6.34. The number of ether oxygens (including phenoxy) is 1. The number of nitrogens with one attached hydrogen (secondary N) is 1. The minimum atomic E-state index is -0.488. The molecule has 7 heteroatoms. The maximum absolute atomic E-state index is 13.9. The van der Waals surface area contributed by atoms with Crippen molar-refractivity contribution in [1.29, 1.82) is 0 Å². The molecule has 0 radical (unpaired) electrons. The third-order valence-electron chi connectivity index (χ3n) is 4.60. The number of nitrogens with zero attached hydrogens (tertiary/aromatic N) is 1. The van der Waals surface area contributed by atoms with Crippen molar-refractivity contribution in [2.75, 3.05) is 18.6 Å². The number of anilines is 1. The number of hydrogen-bond donors (Lipinski definition) is 1. The molecule has 3 rings (SSSR count). The lowest BCUT2D eigenvalue weighted by Gasteiger charge is -2.19. The first-order valence-corrected chi connectivity index (χ1v) is 9.02. The summed E-state index contributed by atoms with van der Waals surface area (Å²) in [5.41, 5.74) is 1.54. The smallest absolute Gasteiger partial charge is 0.251 e. The molecular weight excluding hydrogens is 371 g/mol. The summed E-state index contributed by atoms with van der Waals surface area (Å²) in [6, 6.07) is 8.96. The second-order valence-electron chi connectivity index (χ2n) is 6.40. The second kappa shape index (κ2) is 7.96. The monoisotopic (exact) mass is 390 g/mol. The molecule has 0 spiro atoms. The Kier molecular flexibility index (Phi) is 5.65. The first-order chi connectivity index (χ1) is 12.9. The number of amides is 2. The quantitative estimate of drug-likeness (QED) is 0.836. The third-order valence-corrected chi connectivity index (χ3v) is 4.92. The molecule has 0 saturated carbocycles. The third kappa shape index (κ3) is 4.06. The Morgan fingerprint density at radius 3 is 2.70 bits per heavy atom. The molecular formula is C20H20ClFN2O3. The lowest BCUT2D eigenvalue weighted by atomic mass is 10.1. The van der Waals surface area contributed by atoms with Gasteiger partial charge in [-0.2, -0.15) is 0 Å². The van der Waals surface area contributed by atoms with Crippen LogP contribution in [0.5, 0.6) is 5.75 Å². The van der Waals surface area contributed by atoms with Crippen LogP contribution in [0.3, 0.4) is 0 Å². The van der Waals surface area contributed by atoms with Crippen LogP contribution in [-0.2, 0) is 4.79 Å². The molecule has 27 heavy (non-hydrogen) atoms. The molecule has 2 amide bonds. The molecule has 1 fully saturated rings. The summed E-state index contributed by atoms with van der Waals surface area (Å²) in [6.45, 7) is 2.35. The van der Waals surface area contributed by atoms with Crippen LogP contribution in [0.25, 0.3) is 0 Å². The standard InChI is InChI=1S/C20H20ClFN2O3/c1-12(13-6-8-18(27-2)16(22)10-13)23-20(26)14-5-7-15(21)17(11-14)24-9-3-4-19(24)25/h5-8,10-12H,3-4,9H2,1-2H3,(H,23,26)/t12-/m0/s1. The van der Waals surface area contributed by atoms with Gasteiger partial charge >= 0.3 is 0 Å². The Morgan fingerprint density at radius 1 is 1.30 bits per heavy atom. The Bertz CT molecular complexity index is 888. The van der Waals surface area contributed by atoms with Crippen LogP contribution in [0.4, 0.5) is 10.1 Å². The van der Waals surface area contributed by atoms with Gasteiger partial charge in [-0.15, -0.1) is 0 Å². The van der Waals surface area contributed by atoms with Crippen molar-refractivity contribution in [1.82, 2.24) is 5.32 Å². The Balaban J connectivity index is 1.78. The topological polar surface area (TPSA) is 58.6 Å². The second-order valence-corrected chi connectivity index (χ2v) is 6.81. The first kappa shape index (κ1) is 19.2. The van der Waals surface area contributed by atoms with Gasteiger partial charge in [-0.3, -0.25) is 9.59 Å². The Morgan fingerprint density at radius 2 is 2.07 bits per heavy atom. The predicted molar refractivity (Wildman–Crippen MR) is 102 cm³/mol. The summed E-state index contributed by atoms with van der Waals surface area (Å²) in [5.74, 6) is -0.674. The summed E-state index contributed by atoms with van der Waals surface area (Å²) in [5, 5.41) is 3.26. The van der Waals surface area contributed by atoms with Crippen molar-refractivity contribution < 1.29 is 18.7 Å². The van der Waals surface area contributed by atoms with Crippen LogP contribution in [0, 0.1) is 5.82 Å². The highest BCUT2D eigenvalue weighted by Crippen LogP contribution is 2.30. The minimum absolute atomic E-state index is 0.00321. The summed E-state index contributed by atoms with van der Waals surface area (Å²) in [4.78, 5) is 26.2. The normalized spacial score (nSPS) is 15.0. The van der Waals surface area contributed by atoms with Crippen molar-refractivity contribution in [3.05, 3.63) is 58.4 Å². The van der Waals surface area contributed by atoms with Crippen molar-refractivity contribution in [3.8, 4) is 5.75 Å². The zero-order chi connectivity index (χ0) is 19.6. The number of rotatable bonds is 5. The first-order valence-electron chi connectivity index (χ1n) is 8.65. The zero-order valence-corrected chi connectivity index (χ0v) is 15.8. The fraction of sp³-hybridized carbons (Fsp3) is 0.300. The molecule has 0 unspecified atom stereocenters. The highest BCUT2D eigenvalue weighted by atomic mass is 35.5. The van der Waals surface area contributed by atoms with Crippen LogP contribution in [-0.4, -0.2) is 25.5 Å². The van der Waals surface area contributed by atoms with Crippen molar-refractivity contribution in [2.24, 2.45) is 0 Å². The van der Waals surface area contributed by atoms with Crippen LogP contribution >= 0.6 is 11.6 Å². The van der Waals surface area contributed by atoms with Crippen LogP contribution in [0.15, 0.2) is 36.4 Å². The fourth-order valence-electron chi connectivity index (χ4n) is 3.08. The van der Waals surface area contributed by atoms with Gasteiger partial charge in [0.15, 0.2) is 11.6 Å². The molecule has 1 saturated heterocycles. The molecule has 0 bridgehead atoms.